The Morgan fingerprint density at radius 2 is 1.80 bits per heavy atom. The van der Waals surface area contributed by atoms with Crippen LogP contribution in [0.2, 0.25) is 0 Å². The van der Waals surface area contributed by atoms with Crippen LogP contribution in [-0.4, -0.2) is 13.4 Å². The van der Waals surface area contributed by atoms with Gasteiger partial charge in [0.2, 0.25) is 5.89 Å². The van der Waals surface area contributed by atoms with Crippen LogP contribution in [-0.2, 0) is 22.6 Å². The van der Waals surface area contributed by atoms with Crippen LogP contribution in [0.5, 0.6) is 0 Å². The Balaban J connectivity index is 1.87. The number of sulfonamides is 1. The third-order valence-corrected chi connectivity index (χ3v) is 5.65. The Bertz CT molecular complexity index is 1140. The normalized spacial score (nSPS) is 11.9. The molecule has 0 radical (unpaired) electrons. The van der Waals surface area contributed by atoms with E-state index in [2.05, 4.69) is 21.6 Å². The smallest absolute Gasteiger partial charge is 0.416 e. The molecule has 0 saturated heterocycles. The summed E-state index contributed by atoms with van der Waals surface area (Å²) in [5.74, 6) is 0.252. The second kappa shape index (κ2) is 8.23. The van der Waals surface area contributed by atoms with Gasteiger partial charge in [-0.1, -0.05) is 19.6 Å². The molecule has 0 aliphatic rings. The molecule has 0 bridgehead atoms. The van der Waals surface area contributed by atoms with Crippen LogP contribution in [0.25, 0.3) is 5.70 Å². The molecule has 3 aromatic rings. The topological polar surface area (TPSA) is 84.2 Å². The van der Waals surface area contributed by atoms with Gasteiger partial charge in [0.25, 0.3) is 10.0 Å². The lowest BCUT2D eigenvalue weighted by Gasteiger charge is -2.15. The maximum Gasteiger partial charge on any atom is 0.416 e. The Hall–Kier alpha value is -3.27. The van der Waals surface area contributed by atoms with Crippen LogP contribution in [0, 0.1) is 0 Å². The van der Waals surface area contributed by atoms with Gasteiger partial charge in [-0.2, -0.15) is 13.2 Å². The first-order chi connectivity index (χ1) is 14.1. The van der Waals surface area contributed by atoms with Gasteiger partial charge in [0, 0.05) is 11.4 Å². The summed E-state index contributed by atoms with van der Waals surface area (Å²) in [6, 6.07) is 8.51. The van der Waals surface area contributed by atoms with Crippen molar-refractivity contribution in [3.63, 3.8) is 0 Å². The molecule has 0 saturated carbocycles. The van der Waals surface area contributed by atoms with Gasteiger partial charge in [-0.15, -0.1) is 0 Å². The molecule has 0 atom stereocenters. The summed E-state index contributed by atoms with van der Waals surface area (Å²) < 4.78 is 71.4. The van der Waals surface area contributed by atoms with Crippen LogP contribution < -0.4 is 10.0 Å². The number of anilines is 2. The van der Waals surface area contributed by atoms with Gasteiger partial charge in [0.15, 0.2) is 0 Å². The summed E-state index contributed by atoms with van der Waals surface area (Å²) in [4.78, 5) is 3.95. The van der Waals surface area contributed by atoms with E-state index in [0.29, 0.717) is 23.4 Å². The number of hydrogen-bond donors (Lipinski definition) is 2. The van der Waals surface area contributed by atoms with Crippen LogP contribution in [0.1, 0.15) is 23.9 Å². The largest absolute Gasteiger partial charge is 0.443 e. The summed E-state index contributed by atoms with van der Waals surface area (Å²) in [5.41, 5.74) is 0.469. The van der Waals surface area contributed by atoms with Crippen molar-refractivity contribution in [2.75, 3.05) is 10.0 Å². The van der Waals surface area contributed by atoms with E-state index < -0.39 is 21.8 Å². The standard InChI is InChI=1S/C20H18F3N3O3S/c1-3-14-4-7-17(25-13(2)19-24-10-11-29-19)12-18(14)30(27,28)26-16-8-5-15(6-9-16)20(21,22)23/h4-12,25-26H,2-3H2,1H3. The highest BCUT2D eigenvalue weighted by molar-refractivity contribution is 7.92. The third-order valence-electron chi connectivity index (χ3n) is 4.19. The SMILES string of the molecule is C=C(Nc1ccc(CC)c(S(=O)(=O)Nc2ccc(C(F)(F)F)cc2)c1)c1ncco1. The lowest BCUT2D eigenvalue weighted by Crippen LogP contribution is -2.15. The highest BCUT2D eigenvalue weighted by Crippen LogP contribution is 2.31. The third kappa shape index (κ3) is 4.82. The molecule has 1 heterocycles. The summed E-state index contributed by atoms with van der Waals surface area (Å²) in [7, 11) is -4.06. The predicted molar refractivity (Wildman–Crippen MR) is 107 cm³/mol. The van der Waals surface area contributed by atoms with Crippen LogP contribution in [0.3, 0.4) is 0 Å². The molecule has 0 aliphatic heterocycles. The fourth-order valence-corrected chi connectivity index (χ4v) is 4.11. The zero-order chi connectivity index (χ0) is 21.9. The van der Waals surface area contributed by atoms with Gasteiger partial charge in [0.05, 0.1) is 22.4 Å². The van der Waals surface area contributed by atoms with E-state index in [-0.39, 0.29) is 16.5 Å². The first kappa shape index (κ1) is 21.4. The first-order valence-electron chi connectivity index (χ1n) is 8.79. The van der Waals surface area contributed by atoms with E-state index in [4.69, 9.17) is 4.42 Å². The number of nitrogens with zero attached hydrogens (tertiary/aromatic N) is 1. The van der Waals surface area contributed by atoms with Gasteiger partial charge in [-0.05, 0) is 48.4 Å². The lowest BCUT2D eigenvalue weighted by atomic mass is 10.1. The summed E-state index contributed by atoms with van der Waals surface area (Å²) in [5, 5.41) is 2.93. The summed E-state index contributed by atoms with van der Waals surface area (Å²) >= 11 is 0. The monoisotopic (exact) mass is 437 g/mol. The Morgan fingerprint density at radius 1 is 1.13 bits per heavy atom. The highest BCUT2D eigenvalue weighted by Gasteiger charge is 2.30. The predicted octanol–water partition coefficient (Wildman–Crippen LogP) is 5.14. The second-order valence-electron chi connectivity index (χ2n) is 6.30. The van der Waals surface area contributed by atoms with Crippen molar-refractivity contribution in [1.29, 1.82) is 0 Å². The lowest BCUT2D eigenvalue weighted by molar-refractivity contribution is -0.137. The number of oxazole rings is 1. The molecule has 3 rings (SSSR count). The minimum absolute atomic E-state index is 0.00454. The summed E-state index contributed by atoms with van der Waals surface area (Å²) in [6.07, 6.45) is -1.24. The zero-order valence-corrected chi connectivity index (χ0v) is 16.6. The number of aromatic nitrogens is 1. The van der Waals surface area contributed by atoms with E-state index in [1.165, 1.54) is 18.5 Å². The molecule has 2 N–H and O–H groups in total. The van der Waals surface area contributed by atoms with Gasteiger partial charge >= 0.3 is 6.18 Å². The number of nitrogens with one attached hydrogen (secondary N) is 2. The molecule has 30 heavy (non-hydrogen) atoms. The van der Waals surface area contributed by atoms with Crippen molar-refractivity contribution >= 4 is 27.1 Å². The van der Waals surface area contributed by atoms with Crippen molar-refractivity contribution in [3.8, 4) is 0 Å². The van der Waals surface area contributed by atoms with Crippen LogP contribution >= 0.6 is 0 Å². The fraction of sp³-hybridized carbons (Fsp3) is 0.150. The fourth-order valence-electron chi connectivity index (χ4n) is 2.71. The molecule has 158 valence electrons. The van der Waals surface area contributed by atoms with Gasteiger partial charge in [-0.3, -0.25) is 4.72 Å². The first-order valence-corrected chi connectivity index (χ1v) is 10.3. The van der Waals surface area contributed by atoms with E-state index >= 15 is 0 Å². The number of alkyl halides is 3. The number of rotatable bonds is 7. The van der Waals surface area contributed by atoms with E-state index in [9.17, 15) is 21.6 Å². The highest BCUT2D eigenvalue weighted by atomic mass is 32.2. The van der Waals surface area contributed by atoms with Crippen molar-refractivity contribution in [2.45, 2.75) is 24.4 Å². The van der Waals surface area contributed by atoms with Crippen LogP contribution in [0.15, 0.2) is 70.8 Å². The van der Waals surface area contributed by atoms with Crippen molar-refractivity contribution in [1.82, 2.24) is 4.98 Å². The maximum atomic E-state index is 12.9. The number of aryl methyl sites for hydroxylation is 1. The number of hydrogen-bond acceptors (Lipinski definition) is 5. The quantitative estimate of drug-likeness (QED) is 0.535. The van der Waals surface area contributed by atoms with Crippen molar-refractivity contribution in [3.05, 3.63) is 78.5 Å². The molecular weight excluding hydrogens is 419 g/mol. The van der Waals surface area contributed by atoms with E-state index in [1.54, 1.807) is 19.1 Å². The molecule has 0 spiro atoms. The molecular formula is C20H18F3N3O3S. The number of halogens is 3. The molecule has 2 aromatic carbocycles. The average Bonchev–Trinajstić information content (AvgIpc) is 3.22. The van der Waals surface area contributed by atoms with Crippen molar-refractivity contribution in [2.24, 2.45) is 0 Å². The van der Waals surface area contributed by atoms with Gasteiger partial charge < -0.3 is 9.73 Å². The molecule has 10 heteroatoms. The maximum absolute atomic E-state index is 12.9. The molecule has 0 fully saturated rings. The van der Waals surface area contributed by atoms with Gasteiger partial charge in [-0.25, -0.2) is 13.4 Å². The van der Waals surface area contributed by atoms with Crippen LogP contribution in [0.4, 0.5) is 24.5 Å². The van der Waals surface area contributed by atoms with E-state index in [0.717, 1.165) is 24.3 Å². The van der Waals surface area contributed by atoms with Gasteiger partial charge in [0.1, 0.15) is 6.26 Å². The minimum atomic E-state index is -4.50. The second-order valence-corrected chi connectivity index (χ2v) is 7.95. The number of benzene rings is 2. The Labute approximate surface area is 171 Å². The Kier molecular flexibility index (Phi) is 5.88. The molecule has 0 aliphatic carbocycles. The Morgan fingerprint density at radius 3 is 2.37 bits per heavy atom. The molecule has 0 amide bonds. The molecule has 1 aromatic heterocycles. The zero-order valence-electron chi connectivity index (χ0n) is 15.8. The van der Waals surface area contributed by atoms with Crippen molar-refractivity contribution < 1.29 is 26.0 Å². The minimum Gasteiger partial charge on any atom is -0.443 e. The molecule has 6 nitrogen and oxygen atoms in total. The molecule has 0 unspecified atom stereocenters. The average molecular weight is 437 g/mol. The van der Waals surface area contributed by atoms with E-state index in [1.807, 2.05) is 0 Å². The summed E-state index contributed by atoms with van der Waals surface area (Å²) in [6.45, 7) is 5.60.